The molecule has 0 bridgehead atoms. The molecular formula is C22H16N8. The summed E-state index contributed by atoms with van der Waals surface area (Å²) in [6, 6.07) is 16.9. The van der Waals surface area contributed by atoms with E-state index in [9.17, 15) is 10.5 Å². The zero-order valence-electron chi connectivity index (χ0n) is 16.0. The topological polar surface area (TPSA) is 137 Å². The Bertz CT molecular complexity index is 1320. The van der Waals surface area contributed by atoms with Crippen LogP contribution in [0, 0.1) is 22.7 Å². The Morgan fingerprint density at radius 3 is 2.63 bits per heavy atom. The van der Waals surface area contributed by atoms with Crippen molar-refractivity contribution < 1.29 is 0 Å². The van der Waals surface area contributed by atoms with Gasteiger partial charge in [-0.2, -0.15) is 10.5 Å². The molecule has 3 aromatic heterocycles. The van der Waals surface area contributed by atoms with Crippen molar-refractivity contribution in [3.63, 3.8) is 0 Å². The van der Waals surface area contributed by atoms with Crippen molar-refractivity contribution in [3.8, 4) is 23.4 Å². The van der Waals surface area contributed by atoms with Gasteiger partial charge in [0.1, 0.15) is 29.6 Å². The average Bonchev–Trinajstić information content (AvgIpc) is 2.78. The summed E-state index contributed by atoms with van der Waals surface area (Å²) in [6.45, 7) is 1.91. The number of nitrogen functional groups attached to an aromatic ring is 1. The second-order valence-electron chi connectivity index (χ2n) is 6.58. The lowest BCUT2D eigenvalue weighted by molar-refractivity contribution is 0.838. The van der Waals surface area contributed by atoms with E-state index in [0.717, 1.165) is 16.6 Å². The highest BCUT2D eigenvalue weighted by molar-refractivity contribution is 5.89. The van der Waals surface area contributed by atoms with Crippen LogP contribution in [0.1, 0.15) is 29.8 Å². The van der Waals surface area contributed by atoms with Gasteiger partial charge in [-0.1, -0.05) is 12.1 Å². The normalized spacial score (nSPS) is 11.4. The zero-order valence-corrected chi connectivity index (χ0v) is 16.0. The quantitative estimate of drug-likeness (QED) is 0.537. The number of hydrogen-bond acceptors (Lipinski definition) is 8. The summed E-state index contributed by atoms with van der Waals surface area (Å²) in [5, 5.41) is 22.9. The van der Waals surface area contributed by atoms with Crippen molar-refractivity contribution in [3.05, 3.63) is 71.8 Å². The lowest BCUT2D eigenvalue weighted by Gasteiger charge is -2.19. The average molecular weight is 392 g/mol. The molecule has 4 rings (SSSR count). The molecule has 0 spiro atoms. The third-order valence-corrected chi connectivity index (χ3v) is 4.70. The third-order valence-electron chi connectivity index (χ3n) is 4.70. The number of nitrogens with two attached hydrogens (primary N) is 1. The van der Waals surface area contributed by atoms with Crippen LogP contribution in [0.4, 0.5) is 11.6 Å². The molecule has 0 aliphatic carbocycles. The van der Waals surface area contributed by atoms with Crippen molar-refractivity contribution in [2.75, 3.05) is 11.1 Å². The molecule has 0 aliphatic rings. The third kappa shape index (κ3) is 3.34. The molecule has 3 N–H and O–H groups in total. The van der Waals surface area contributed by atoms with Gasteiger partial charge in [0.2, 0.25) is 0 Å². The van der Waals surface area contributed by atoms with E-state index in [2.05, 4.69) is 26.3 Å². The van der Waals surface area contributed by atoms with E-state index in [1.807, 2.05) is 43.3 Å². The molecule has 0 fully saturated rings. The number of nitriles is 2. The summed E-state index contributed by atoms with van der Waals surface area (Å²) in [7, 11) is 0. The van der Waals surface area contributed by atoms with Gasteiger partial charge in [0.25, 0.3) is 0 Å². The van der Waals surface area contributed by atoms with Crippen LogP contribution in [-0.4, -0.2) is 19.9 Å². The number of pyridine rings is 2. The maximum absolute atomic E-state index is 9.49. The maximum atomic E-state index is 9.49. The SMILES string of the molecule is C[C@@H](Nc1ncnc(N)c1C#N)c1nc2cccc(C#N)c2cc1-c1ccccn1. The summed E-state index contributed by atoms with van der Waals surface area (Å²) >= 11 is 0. The predicted molar refractivity (Wildman–Crippen MR) is 113 cm³/mol. The van der Waals surface area contributed by atoms with Crippen LogP contribution in [-0.2, 0) is 0 Å². The van der Waals surface area contributed by atoms with Crippen molar-refractivity contribution in [2.24, 2.45) is 0 Å². The first-order chi connectivity index (χ1) is 14.6. The van der Waals surface area contributed by atoms with E-state index >= 15 is 0 Å². The molecular weight excluding hydrogens is 376 g/mol. The molecule has 3 heterocycles. The molecule has 4 aromatic rings. The number of anilines is 2. The fourth-order valence-corrected chi connectivity index (χ4v) is 3.26. The van der Waals surface area contributed by atoms with Gasteiger partial charge in [-0.15, -0.1) is 0 Å². The Morgan fingerprint density at radius 2 is 1.90 bits per heavy atom. The van der Waals surface area contributed by atoms with E-state index in [0.29, 0.717) is 22.6 Å². The lowest BCUT2D eigenvalue weighted by atomic mass is 9.99. The Morgan fingerprint density at radius 1 is 1.03 bits per heavy atom. The molecule has 0 aliphatic heterocycles. The zero-order chi connectivity index (χ0) is 21.1. The molecule has 0 radical (unpaired) electrons. The highest BCUT2D eigenvalue weighted by atomic mass is 15.1. The number of nitrogens with one attached hydrogen (secondary N) is 1. The van der Waals surface area contributed by atoms with Crippen LogP contribution < -0.4 is 11.1 Å². The highest BCUT2D eigenvalue weighted by Crippen LogP contribution is 2.32. The van der Waals surface area contributed by atoms with Crippen LogP contribution in [0.25, 0.3) is 22.2 Å². The highest BCUT2D eigenvalue weighted by Gasteiger charge is 2.19. The molecule has 8 nitrogen and oxygen atoms in total. The van der Waals surface area contributed by atoms with Crippen LogP contribution in [0.15, 0.2) is 55.0 Å². The molecule has 0 saturated carbocycles. The summed E-state index contributed by atoms with van der Waals surface area (Å²) in [5.41, 5.74) is 9.43. The van der Waals surface area contributed by atoms with Gasteiger partial charge < -0.3 is 11.1 Å². The summed E-state index contributed by atoms with van der Waals surface area (Å²) < 4.78 is 0. The molecule has 0 amide bonds. The maximum Gasteiger partial charge on any atom is 0.150 e. The minimum atomic E-state index is -0.335. The van der Waals surface area contributed by atoms with Crippen molar-refractivity contribution >= 4 is 22.5 Å². The lowest BCUT2D eigenvalue weighted by Crippen LogP contribution is -2.14. The molecule has 144 valence electrons. The van der Waals surface area contributed by atoms with Crippen molar-refractivity contribution in [2.45, 2.75) is 13.0 Å². The molecule has 1 atom stereocenters. The number of aromatic nitrogens is 4. The monoisotopic (exact) mass is 392 g/mol. The minimum absolute atomic E-state index is 0.109. The number of hydrogen-bond donors (Lipinski definition) is 2. The van der Waals surface area contributed by atoms with Gasteiger partial charge in [-0.05, 0) is 37.3 Å². The van der Waals surface area contributed by atoms with Crippen LogP contribution in [0.2, 0.25) is 0 Å². The standard InChI is InChI=1S/C22H16N8/c1-13(29-22-17(11-24)21(25)27-12-28-22)20-16(18-6-2-3-8-26-18)9-15-14(10-23)5-4-7-19(15)30-20/h2-9,12-13H,1H3,(H3,25,27,28,29)/t13-/m1/s1. The molecule has 0 saturated heterocycles. The van der Waals surface area contributed by atoms with E-state index in [1.165, 1.54) is 6.33 Å². The summed E-state index contributed by atoms with van der Waals surface area (Å²) in [4.78, 5) is 17.3. The van der Waals surface area contributed by atoms with Gasteiger partial charge in [0.05, 0.1) is 34.6 Å². The molecule has 1 aromatic carbocycles. The second-order valence-corrected chi connectivity index (χ2v) is 6.58. The van der Waals surface area contributed by atoms with Crippen LogP contribution >= 0.6 is 0 Å². The predicted octanol–water partition coefficient (Wildman–Crippen LogP) is 3.59. The molecule has 8 heteroatoms. The smallest absolute Gasteiger partial charge is 0.150 e. The number of fused-ring (bicyclic) bond motifs is 1. The Labute approximate surface area is 172 Å². The largest absolute Gasteiger partial charge is 0.382 e. The molecule has 30 heavy (non-hydrogen) atoms. The number of benzene rings is 1. The van der Waals surface area contributed by atoms with Crippen molar-refractivity contribution in [1.29, 1.82) is 10.5 Å². The van der Waals surface area contributed by atoms with E-state index in [-0.39, 0.29) is 17.4 Å². The summed E-state index contributed by atoms with van der Waals surface area (Å²) in [6.07, 6.45) is 3.01. The first-order valence-electron chi connectivity index (χ1n) is 9.14. The van der Waals surface area contributed by atoms with Gasteiger partial charge >= 0.3 is 0 Å². The summed E-state index contributed by atoms with van der Waals surface area (Å²) in [5.74, 6) is 0.439. The Balaban J connectivity index is 1.88. The number of rotatable bonds is 4. The Hall–Kier alpha value is -4.56. The van der Waals surface area contributed by atoms with Crippen LogP contribution in [0.3, 0.4) is 0 Å². The molecule has 0 unspecified atom stereocenters. The van der Waals surface area contributed by atoms with Gasteiger partial charge in [0.15, 0.2) is 0 Å². The van der Waals surface area contributed by atoms with Crippen LogP contribution in [0.5, 0.6) is 0 Å². The van der Waals surface area contributed by atoms with E-state index < -0.39 is 0 Å². The van der Waals surface area contributed by atoms with Gasteiger partial charge in [-0.25, -0.2) is 15.0 Å². The van der Waals surface area contributed by atoms with E-state index in [1.54, 1.807) is 18.3 Å². The first-order valence-corrected chi connectivity index (χ1v) is 9.14. The number of nitrogens with zero attached hydrogens (tertiary/aromatic N) is 6. The van der Waals surface area contributed by atoms with Crippen molar-refractivity contribution in [1.82, 2.24) is 19.9 Å². The fraction of sp³-hybridized carbons (Fsp3) is 0.0909. The second kappa shape index (κ2) is 7.82. The first kappa shape index (κ1) is 18.8. The van der Waals surface area contributed by atoms with E-state index in [4.69, 9.17) is 10.7 Å². The fourth-order valence-electron chi connectivity index (χ4n) is 3.26. The minimum Gasteiger partial charge on any atom is -0.382 e. The Kier molecular flexibility index (Phi) is 4.90. The van der Waals surface area contributed by atoms with Gasteiger partial charge in [0, 0.05) is 17.1 Å². The van der Waals surface area contributed by atoms with Gasteiger partial charge in [-0.3, -0.25) is 4.98 Å².